The molecular weight excluding hydrogens is 474 g/mol. The van der Waals surface area contributed by atoms with Crippen LogP contribution in [0.15, 0.2) is 54.9 Å². The van der Waals surface area contributed by atoms with Crippen LogP contribution in [0.4, 0.5) is 10.5 Å². The van der Waals surface area contributed by atoms with Crippen molar-refractivity contribution in [3.05, 3.63) is 77.4 Å². The van der Waals surface area contributed by atoms with Gasteiger partial charge in [-0.25, -0.2) is 14.2 Å². The van der Waals surface area contributed by atoms with Crippen LogP contribution in [0.5, 0.6) is 0 Å². The SMILES string of the molecule is Cc1ccc(-n2nc(C)c(NC(=O)CN3C(=O)N[C@](C)(c4cccc(-n5cnnn5)c4)C3=O)c2C)cc1. The number of hydrogen-bond donors (Lipinski definition) is 2. The Morgan fingerprint density at radius 2 is 1.81 bits per heavy atom. The minimum Gasteiger partial charge on any atom is -0.321 e. The van der Waals surface area contributed by atoms with Gasteiger partial charge in [0.05, 0.1) is 28.5 Å². The summed E-state index contributed by atoms with van der Waals surface area (Å²) in [4.78, 5) is 40.0. The first-order valence-corrected chi connectivity index (χ1v) is 11.6. The van der Waals surface area contributed by atoms with Crippen molar-refractivity contribution in [3.8, 4) is 11.4 Å². The third-order valence-electron chi connectivity index (χ3n) is 6.45. The first kappa shape index (κ1) is 23.9. The summed E-state index contributed by atoms with van der Waals surface area (Å²) >= 11 is 0. The van der Waals surface area contributed by atoms with Crippen LogP contribution in [0.1, 0.15) is 29.4 Å². The fourth-order valence-corrected chi connectivity index (χ4v) is 4.36. The molecule has 12 nitrogen and oxygen atoms in total. The van der Waals surface area contributed by atoms with Gasteiger partial charge in [0.15, 0.2) is 0 Å². The Bertz CT molecular complexity index is 1510. The maximum Gasteiger partial charge on any atom is 0.325 e. The normalized spacial score (nSPS) is 17.2. The number of rotatable bonds is 6. The second-order valence-electron chi connectivity index (χ2n) is 9.09. The number of aromatic nitrogens is 6. The largest absolute Gasteiger partial charge is 0.325 e. The third kappa shape index (κ3) is 4.22. The van der Waals surface area contributed by atoms with Gasteiger partial charge in [0.25, 0.3) is 5.91 Å². The van der Waals surface area contributed by atoms with E-state index in [0.29, 0.717) is 22.6 Å². The molecule has 0 radical (unpaired) electrons. The minimum atomic E-state index is -1.36. The van der Waals surface area contributed by atoms with E-state index in [-0.39, 0.29) is 0 Å². The van der Waals surface area contributed by atoms with Gasteiger partial charge in [-0.15, -0.1) is 5.10 Å². The van der Waals surface area contributed by atoms with E-state index in [2.05, 4.69) is 31.3 Å². The van der Waals surface area contributed by atoms with E-state index in [1.54, 1.807) is 42.8 Å². The standard InChI is InChI=1S/C25H25N9O3/c1-15-8-10-19(11-9-15)34-17(3)22(16(2)29-34)27-21(35)13-32-23(36)25(4,28-24(32)37)18-6-5-7-20(12-18)33-14-26-30-31-33/h5-12,14H,13H2,1-4H3,(H,27,35)(H,28,37)/t25-/m1/s1. The Morgan fingerprint density at radius 3 is 2.51 bits per heavy atom. The van der Waals surface area contributed by atoms with Crippen molar-refractivity contribution in [2.45, 2.75) is 33.2 Å². The summed E-state index contributed by atoms with van der Waals surface area (Å²) in [6.45, 7) is 6.79. The molecule has 188 valence electrons. The van der Waals surface area contributed by atoms with E-state index in [1.807, 2.05) is 38.1 Å². The highest BCUT2D eigenvalue weighted by Gasteiger charge is 2.49. The van der Waals surface area contributed by atoms with E-state index in [0.717, 1.165) is 21.8 Å². The van der Waals surface area contributed by atoms with Crippen LogP contribution in [0.25, 0.3) is 11.4 Å². The Hall–Kier alpha value is -4.87. The molecule has 2 aromatic heterocycles. The fraction of sp³-hybridized carbons (Fsp3) is 0.240. The lowest BCUT2D eigenvalue weighted by molar-refractivity contribution is -0.133. The van der Waals surface area contributed by atoms with Crippen LogP contribution in [0, 0.1) is 20.8 Å². The van der Waals surface area contributed by atoms with Crippen molar-refractivity contribution in [1.82, 2.24) is 40.2 Å². The van der Waals surface area contributed by atoms with Crippen LogP contribution >= 0.6 is 0 Å². The van der Waals surface area contributed by atoms with Gasteiger partial charge in [-0.1, -0.05) is 29.8 Å². The summed E-state index contributed by atoms with van der Waals surface area (Å²) < 4.78 is 3.19. The molecule has 4 aromatic rings. The topological polar surface area (TPSA) is 140 Å². The zero-order valence-electron chi connectivity index (χ0n) is 20.8. The lowest BCUT2D eigenvalue weighted by atomic mass is 9.91. The lowest BCUT2D eigenvalue weighted by Gasteiger charge is -2.22. The molecule has 1 aliphatic rings. The highest BCUT2D eigenvalue weighted by molar-refractivity contribution is 6.10. The summed E-state index contributed by atoms with van der Waals surface area (Å²) in [5.74, 6) is -1.05. The molecule has 0 saturated carbocycles. The predicted molar refractivity (Wildman–Crippen MR) is 133 cm³/mol. The average Bonchev–Trinajstić information content (AvgIpc) is 3.57. The number of carbonyl (C=O) groups is 3. The Kier molecular flexibility index (Phi) is 5.78. The van der Waals surface area contributed by atoms with Crippen LogP contribution in [-0.4, -0.2) is 59.3 Å². The monoisotopic (exact) mass is 499 g/mol. The molecule has 1 fully saturated rings. The van der Waals surface area contributed by atoms with Gasteiger partial charge < -0.3 is 10.6 Å². The van der Waals surface area contributed by atoms with Crippen LogP contribution < -0.4 is 10.6 Å². The summed E-state index contributed by atoms with van der Waals surface area (Å²) in [5.41, 5.74) is 3.68. The summed E-state index contributed by atoms with van der Waals surface area (Å²) in [6, 6.07) is 14.2. The van der Waals surface area contributed by atoms with Crippen molar-refractivity contribution in [2.75, 3.05) is 11.9 Å². The van der Waals surface area contributed by atoms with Gasteiger partial charge >= 0.3 is 6.03 Å². The molecular formula is C25H25N9O3. The molecule has 0 spiro atoms. The van der Waals surface area contributed by atoms with Gasteiger partial charge in [-0.2, -0.15) is 5.10 Å². The number of nitrogens with zero attached hydrogens (tertiary/aromatic N) is 7. The Balaban J connectivity index is 1.34. The smallest absolute Gasteiger partial charge is 0.321 e. The van der Waals surface area contributed by atoms with E-state index in [9.17, 15) is 14.4 Å². The van der Waals surface area contributed by atoms with Gasteiger partial charge in [0.2, 0.25) is 5.91 Å². The number of anilines is 1. The molecule has 37 heavy (non-hydrogen) atoms. The van der Waals surface area contributed by atoms with E-state index < -0.39 is 29.9 Å². The number of hydrogen-bond acceptors (Lipinski definition) is 7. The molecule has 1 aliphatic heterocycles. The Labute approximate surface area is 212 Å². The van der Waals surface area contributed by atoms with Crippen molar-refractivity contribution in [2.24, 2.45) is 0 Å². The summed E-state index contributed by atoms with van der Waals surface area (Å²) in [6.07, 6.45) is 1.43. The second kappa shape index (κ2) is 8.97. The zero-order chi connectivity index (χ0) is 26.3. The van der Waals surface area contributed by atoms with Gasteiger partial charge in [-0.3, -0.25) is 14.5 Å². The molecule has 12 heteroatoms. The van der Waals surface area contributed by atoms with E-state index >= 15 is 0 Å². The number of tetrazole rings is 1. The summed E-state index contributed by atoms with van der Waals surface area (Å²) in [5, 5.41) is 21.2. The van der Waals surface area contributed by atoms with Crippen molar-refractivity contribution < 1.29 is 14.4 Å². The number of benzene rings is 2. The Morgan fingerprint density at radius 1 is 1.05 bits per heavy atom. The van der Waals surface area contributed by atoms with Gasteiger partial charge in [0.1, 0.15) is 18.4 Å². The number of amides is 4. The molecule has 2 N–H and O–H groups in total. The van der Waals surface area contributed by atoms with Crippen molar-refractivity contribution >= 4 is 23.5 Å². The number of urea groups is 1. The van der Waals surface area contributed by atoms with Crippen molar-refractivity contribution in [3.63, 3.8) is 0 Å². The van der Waals surface area contributed by atoms with Crippen LogP contribution in [0.2, 0.25) is 0 Å². The molecule has 0 aliphatic carbocycles. The number of nitrogens with one attached hydrogen (secondary N) is 2. The molecule has 4 amide bonds. The molecule has 1 atom stereocenters. The predicted octanol–water partition coefficient (Wildman–Crippen LogP) is 2.18. The molecule has 0 bridgehead atoms. The van der Waals surface area contributed by atoms with Crippen LogP contribution in [0.3, 0.4) is 0 Å². The number of imide groups is 1. The fourth-order valence-electron chi connectivity index (χ4n) is 4.36. The first-order valence-electron chi connectivity index (χ1n) is 11.6. The summed E-state index contributed by atoms with van der Waals surface area (Å²) in [7, 11) is 0. The van der Waals surface area contributed by atoms with Crippen molar-refractivity contribution in [1.29, 1.82) is 0 Å². The quantitative estimate of drug-likeness (QED) is 0.388. The molecule has 1 saturated heterocycles. The first-order chi connectivity index (χ1) is 17.7. The highest BCUT2D eigenvalue weighted by atomic mass is 16.2. The number of aryl methyl sites for hydroxylation is 2. The van der Waals surface area contributed by atoms with Gasteiger partial charge in [-0.05, 0) is 68.0 Å². The molecule has 0 unspecified atom stereocenters. The second-order valence-corrected chi connectivity index (χ2v) is 9.09. The highest BCUT2D eigenvalue weighted by Crippen LogP contribution is 2.30. The van der Waals surface area contributed by atoms with Gasteiger partial charge in [0, 0.05) is 0 Å². The third-order valence-corrected chi connectivity index (χ3v) is 6.45. The molecule has 3 heterocycles. The number of carbonyl (C=O) groups excluding carboxylic acids is 3. The maximum atomic E-state index is 13.4. The molecule has 5 rings (SSSR count). The maximum absolute atomic E-state index is 13.4. The zero-order valence-corrected chi connectivity index (χ0v) is 20.8. The van der Waals surface area contributed by atoms with E-state index in [4.69, 9.17) is 0 Å². The lowest BCUT2D eigenvalue weighted by Crippen LogP contribution is -2.42. The average molecular weight is 500 g/mol. The minimum absolute atomic E-state index is 0.443. The van der Waals surface area contributed by atoms with Crippen LogP contribution in [-0.2, 0) is 15.1 Å². The molecule has 2 aromatic carbocycles. The van der Waals surface area contributed by atoms with E-state index in [1.165, 1.54) is 11.0 Å².